The lowest BCUT2D eigenvalue weighted by Crippen LogP contribution is -2.40. The zero-order valence-corrected chi connectivity index (χ0v) is 12.7. The van der Waals surface area contributed by atoms with Gasteiger partial charge in [0.05, 0.1) is 12.5 Å². The van der Waals surface area contributed by atoms with Crippen LogP contribution in [0.2, 0.25) is 0 Å². The predicted molar refractivity (Wildman–Crippen MR) is 78.4 cm³/mol. The molecule has 1 heterocycles. The summed E-state index contributed by atoms with van der Waals surface area (Å²) in [6.07, 6.45) is 5.39. The number of halogens is 1. The van der Waals surface area contributed by atoms with Crippen molar-refractivity contribution in [2.45, 2.75) is 44.7 Å². The highest BCUT2D eigenvalue weighted by molar-refractivity contribution is 9.10. The van der Waals surface area contributed by atoms with Gasteiger partial charge in [0.25, 0.3) is 0 Å². The summed E-state index contributed by atoms with van der Waals surface area (Å²) >= 11 is 5.06. The Balaban J connectivity index is 1.86. The minimum Gasteiger partial charge on any atom is -0.351 e. The van der Waals surface area contributed by atoms with Crippen LogP contribution in [0.5, 0.6) is 0 Å². The zero-order chi connectivity index (χ0) is 13.0. The van der Waals surface area contributed by atoms with Gasteiger partial charge in [-0.05, 0) is 34.8 Å². The molecule has 0 saturated heterocycles. The van der Waals surface area contributed by atoms with Crippen molar-refractivity contribution in [1.82, 2.24) is 5.32 Å². The summed E-state index contributed by atoms with van der Waals surface area (Å²) in [4.78, 5) is 13.3. The van der Waals surface area contributed by atoms with Gasteiger partial charge in [0.2, 0.25) is 5.91 Å². The van der Waals surface area contributed by atoms with E-state index in [9.17, 15) is 4.79 Å². The Kier molecular flexibility index (Phi) is 5.21. The van der Waals surface area contributed by atoms with Crippen molar-refractivity contribution in [3.05, 3.63) is 20.8 Å². The summed E-state index contributed by atoms with van der Waals surface area (Å²) in [6, 6.07) is 2.07. The van der Waals surface area contributed by atoms with Gasteiger partial charge in [-0.3, -0.25) is 4.79 Å². The highest BCUT2D eigenvalue weighted by atomic mass is 79.9. The highest BCUT2D eigenvalue weighted by Crippen LogP contribution is 2.23. The van der Waals surface area contributed by atoms with Gasteiger partial charge in [0.1, 0.15) is 0 Å². The van der Waals surface area contributed by atoms with Crippen LogP contribution in [0.4, 0.5) is 0 Å². The van der Waals surface area contributed by atoms with Crippen LogP contribution in [-0.2, 0) is 11.3 Å². The van der Waals surface area contributed by atoms with E-state index in [2.05, 4.69) is 21.2 Å². The van der Waals surface area contributed by atoms with Gasteiger partial charge in [0, 0.05) is 20.8 Å². The Labute approximate surface area is 120 Å². The Morgan fingerprint density at radius 1 is 1.44 bits per heavy atom. The largest absolute Gasteiger partial charge is 0.351 e. The first kappa shape index (κ1) is 14.0. The van der Waals surface area contributed by atoms with Gasteiger partial charge >= 0.3 is 0 Å². The van der Waals surface area contributed by atoms with Gasteiger partial charge in [-0.25, -0.2) is 0 Å². The van der Waals surface area contributed by atoms with E-state index >= 15 is 0 Å². The number of rotatable bonds is 3. The van der Waals surface area contributed by atoms with Crippen LogP contribution in [-0.4, -0.2) is 11.9 Å². The second-order valence-electron chi connectivity index (χ2n) is 4.86. The quantitative estimate of drug-likeness (QED) is 0.837. The molecule has 0 spiro atoms. The van der Waals surface area contributed by atoms with Crippen molar-refractivity contribution in [2.75, 3.05) is 0 Å². The van der Waals surface area contributed by atoms with Crippen molar-refractivity contribution in [3.63, 3.8) is 0 Å². The minimum absolute atomic E-state index is 0.00379. The third-order valence-corrected chi connectivity index (χ3v) is 5.16. The van der Waals surface area contributed by atoms with Gasteiger partial charge in [0.15, 0.2) is 0 Å². The SMILES string of the molecule is NC1CCCCCC1C(=O)NCc1cc(Br)cs1. The maximum absolute atomic E-state index is 12.1. The number of carbonyl (C=O) groups excluding carboxylic acids is 1. The first-order valence-corrected chi connectivity index (χ1v) is 8.10. The summed E-state index contributed by atoms with van der Waals surface area (Å²) in [5, 5.41) is 5.04. The molecule has 2 unspecified atom stereocenters. The van der Waals surface area contributed by atoms with Crippen LogP contribution in [0.3, 0.4) is 0 Å². The smallest absolute Gasteiger partial charge is 0.224 e. The number of amides is 1. The van der Waals surface area contributed by atoms with E-state index in [1.807, 2.05) is 11.4 Å². The number of hydrogen-bond acceptors (Lipinski definition) is 3. The van der Waals surface area contributed by atoms with Crippen LogP contribution >= 0.6 is 27.3 Å². The summed E-state index contributed by atoms with van der Waals surface area (Å²) < 4.78 is 1.07. The molecular formula is C13H19BrN2OS. The normalized spacial score (nSPS) is 24.6. The summed E-state index contributed by atoms with van der Waals surface area (Å²) in [7, 11) is 0. The van der Waals surface area contributed by atoms with Crippen molar-refractivity contribution >= 4 is 33.2 Å². The molecule has 5 heteroatoms. The molecule has 2 rings (SSSR count). The topological polar surface area (TPSA) is 55.1 Å². The summed E-state index contributed by atoms with van der Waals surface area (Å²) in [6.45, 7) is 0.609. The van der Waals surface area contributed by atoms with Crippen molar-refractivity contribution in [3.8, 4) is 0 Å². The lowest BCUT2D eigenvalue weighted by Gasteiger charge is -2.20. The van der Waals surface area contributed by atoms with Gasteiger partial charge in [-0.1, -0.05) is 19.3 Å². The van der Waals surface area contributed by atoms with E-state index in [1.165, 1.54) is 6.42 Å². The van der Waals surface area contributed by atoms with Crippen molar-refractivity contribution in [2.24, 2.45) is 11.7 Å². The molecule has 0 radical (unpaired) electrons. The fourth-order valence-corrected chi connectivity index (χ4v) is 3.80. The third kappa shape index (κ3) is 3.80. The molecule has 1 aliphatic rings. The van der Waals surface area contributed by atoms with E-state index in [1.54, 1.807) is 11.3 Å². The standard InChI is InChI=1S/C13H19BrN2OS/c14-9-6-10(18-8-9)7-16-13(17)11-4-2-1-3-5-12(11)15/h6,8,11-12H,1-5,7,15H2,(H,16,17). The monoisotopic (exact) mass is 330 g/mol. The van der Waals surface area contributed by atoms with E-state index in [-0.39, 0.29) is 17.9 Å². The molecule has 1 aromatic rings. The number of nitrogens with two attached hydrogens (primary N) is 1. The molecule has 3 N–H and O–H groups in total. The molecule has 1 fully saturated rings. The number of thiophene rings is 1. The lowest BCUT2D eigenvalue weighted by molar-refractivity contribution is -0.125. The molecule has 18 heavy (non-hydrogen) atoms. The predicted octanol–water partition coefficient (Wildman–Crippen LogP) is 3.03. The van der Waals surface area contributed by atoms with Crippen LogP contribution in [0, 0.1) is 5.92 Å². The molecule has 0 aliphatic heterocycles. The van der Waals surface area contributed by atoms with Crippen LogP contribution in [0.15, 0.2) is 15.9 Å². The van der Waals surface area contributed by atoms with E-state index in [4.69, 9.17) is 5.73 Å². The molecule has 0 bridgehead atoms. The van der Waals surface area contributed by atoms with Gasteiger partial charge in [-0.2, -0.15) is 0 Å². The fourth-order valence-electron chi connectivity index (χ4n) is 2.41. The first-order chi connectivity index (χ1) is 8.66. The second-order valence-corrected chi connectivity index (χ2v) is 6.77. The van der Waals surface area contributed by atoms with Crippen LogP contribution in [0.1, 0.15) is 37.0 Å². The molecule has 1 saturated carbocycles. The van der Waals surface area contributed by atoms with Gasteiger partial charge < -0.3 is 11.1 Å². The fraction of sp³-hybridized carbons (Fsp3) is 0.615. The molecule has 100 valence electrons. The highest BCUT2D eigenvalue weighted by Gasteiger charge is 2.26. The molecular weight excluding hydrogens is 312 g/mol. The Morgan fingerprint density at radius 3 is 2.94 bits per heavy atom. The molecule has 0 aromatic carbocycles. The number of carbonyl (C=O) groups is 1. The molecule has 1 aromatic heterocycles. The van der Waals surface area contributed by atoms with E-state index in [0.29, 0.717) is 6.54 Å². The molecule has 1 amide bonds. The molecule has 1 aliphatic carbocycles. The van der Waals surface area contributed by atoms with Crippen LogP contribution in [0.25, 0.3) is 0 Å². The second kappa shape index (κ2) is 6.68. The Morgan fingerprint density at radius 2 is 2.22 bits per heavy atom. The zero-order valence-electron chi connectivity index (χ0n) is 10.3. The average Bonchev–Trinajstić information content (AvgIpc) is 2.64. The summed E-state index contributed by atoms with van der Waals surface area (Å²) in [5.74, 6) is 0.116. The number of nitrogens with one attached hydrogen (secondary N) is 1. The summed E-state index contributed by atoms with van der Waals surface area (Å²) in [5.41, 5.74) is 6.09. The third-order valence-electron chi connectivity index (χ3n) is 3.46. The average molecular weight is 331 g/mol. The van der Waals surface area contributed by atoms with Crippen molar-refractivity contribution < 1.29 is 4.79 Å². The maximum atomic E-state index is 12.1. The number of hydrogen-bond donors (Lipinski definition) is 2. The lowest BCUT2D eigenvalue weighted by atomic mass is 9.94. The van der Waals surface area contributed by atoms with E-state index in [0.717, 1.165) is 35.0 Å². The first-order valence-electron chi connectivity index (χ1n) is 6.43. The Bertz CT molecular complexity index is 407. The Hall–Kier alpha value is -0.390. The van der Waals surface area contributed by atoms with E-state index < -0.39 is 0 Å². The van der Waals surface area contributed by atoms with Gasteiger partial charge in [-0.15, -0.1) is 11.3 Å². The molecule has 2 atom stereocenters. The minimum atomic E-state index is -0.00379. The maximum Gasteiger partial charge on any atom is 0.224 e. The molecule has 3 nitrogen and oxygen atoms in total. The van der Waals surface area contributed by atoms with Crippen molar-refractivity contribution in [1.29, 1.82) is 0 Å². The van der Waals surface area contributed by atoms with Crippen LogP contribution < -0.4 is 11.1 Å².